The first-order chi connectivity index (χ1) is 7.47. The van der Waals surface area contributed by atoms with Gasteiger partial charge in [-0.15, -0.1) is 0 Å². The molecule has 0 aliphatic heterocycles. The monoisotopic (exact) mass is 241 g/mol. The molecule has 90 valence electrons. The van der Waals surface area contributed by atoms with E-state index in [4.69, 9.17) is 17.3 Å². The molecule has 0 fully saturated rings. The zero-order valence-corrected chi connectivity index (χ0v) is 10.8. The fourth-order valence-corrected chi connectivity index (χ4v) is 1.80. The molecule has 0 amide bonds. The molecule has 1 rings (SSSR count). The molecule has 0 bridgehead atoms. The average molecular weight is 242 g/mol. The minimum atomic E-state index is -0.524. The Morgan fingerprint density at radius 2 is 2.06 bits per heavy atom. The van der Waals surface area contributed by atoms with E-state index in [0.717, 1.165) is 17.5 Å². The molecule has 1 aromatic rings. The van der Waals surface area contributed by atoms with E-state index in [1.165, 1.54) is 0 Å². The van der Waals surface area contributed by atoms with Gasteiger partial charge in [0.15, 0.2) is 0 Å². The maximum atomic E-state index is 10.0. The van der Waals surface area contributed by atoms with Crippen LogP contribution in [0.2, 0.25) is 5.02 Å². The number of halogens is 1. The van der Waals surface area contributed by atoms with Crippen molar-refractivity contribution < 1.29 is 5.11 Å². The number of hydrogen-bond acceptors (Lipinski definition) is 2. The summed E-state index contributed by atoms with van der Waals surface area (Å²) in [5, 5.41) is 10.7. The van der Waals surface area contributed by atoms with Crippen LogP contribution in [-0.2, 0) is 0 Å². The highest BCUT2D eigenvalue weighted by Crippen LogP contribution is 2.25. The summed E-state index contributed by atoms with van der Waals surface area (Å²) < 4.78 is 0. The van der Waals surface area contributed by atoms with Gasteiger partial charge in [0, 0.05) is 5.02 Å². The molecule has 3 heteroatoms. The van der Waals surface area contributed by atoms with E-state index < -0.39 is 6.10 Å². The summed E-state index contributed by atoms with van der Waals surface area (Å²) >= 11 is 6.04. The van der Waals surface area contributed by atoms with Crippen LogP contribution in [0.4, 0.5) is 0 Å². The molecule has 0 heterocycles. The van der Waals surface area contributed by atoms with Crippen molar-refractivity contribution >= 4 is 11.6 Å². The van der Waals surface area contributed by atoms with Crippen molar-refractivity contribution in [1.29, 1.82) is 0 Å². The van der Waals surface area contributed by atoms with Crippen LogP contribution in [0.25, 0.3) is 0 Å². The van der Waals surface area contributed by atoms with Gasteiger partial charge >= 0.3 is 0 Å². The third-order valence-corrected chi connectivity index (χ3v) is 3.58. The maximum Gasteiger partial charge on any atom is 0.0758 e. The van der Waals surface area contributed by atoms with Gasteiger partial charge in [0.05, 0.1) is 12.1 Å². The van der Waals surface area contributed by atoms with Crippen LogP contribution in [0, 0.1) is 12.8 Å². The van der Waals surface area contributed by atoms with E-state index in [-0.39, 0.29) is 12.0 Å². The van der Waals surface area contributed by atoms with Crippen LogP contribution in [0.3, 0.4) is 0 Å². The Labute approximate surface area is 102 Å². The van der Waals surface area contributed by atoms with Gasteiger partial charge in [-0.25, -0.2) is 0 Å². The summed E-state index contributed by atoms with van der Waals surface area (Å²) in [4.78, 5) is 0. The molecular weight excluding hydrogens is 222 g/mol. The second-order valence-electron chi connectivity index (χ2n) is 4.41. The molecule has 0 saturated carbocycles. The highest BCUT2D eigenvalue weighted by Gasteiger charge is 2.22. The maximum absolute atomic E-state index is 10.0. The third kappa shape index (κ3) is 2.97. The van der Waals surface area contributed by atoms with E-state index in [1.807, 2.05) is 39.0 Å². The van der Waals surface area contributed by atoms with Crippen LogP contribution in [0.15, 0.2) is 18.2 Å². The number of aryl methyl sites for hydroxylation is 1. The molecule has 0 saturated heterocycles. The van der Waals surface area contributed by atoms with Crippen molar-refractivity contribution in [2.75, 3.05) is 0 Å². The van der Waals surface area contributed by atoms with Crippen molar-refractivity contribution in [3.63, 3.8) is 0 Å². The number of aliphatic hydroxyl groups is 1. The smallest absolute Gasteiger partial charge is 0.0758 e. The summed E-state index contributed by atoms with van der Waals surface area (Å²) in [6.45, 7) is 5.99. The lowest BCUT2D eigenvalue weighted by Gasteiger charge is -2.24. The number of benzene rings is 1. The molecule has 0 aliphatic carbocycles. The summed E-state index contributed by atoms with van der Waals surface area (Å²) in [5.41, 5.74) is 7.94. The SMILES string of the molecule is CCC(C)[C@@H](O)[C@@H](N)c1ccc(C)c(Cl)c1. The lowest BCUT2D eigenvalue weighted by Crippen LogP contribution is -2.31. The first-order valence-corrected chi connectivity index (χ1v) is 6.04. The Balaban J connectivity index is 2.87. The zero-order valence-electron chi connectivity index (χ0n) is 10.1. The second-order valence-corrected chi connectivity index (χ2v) is 4.82. The molecule has 3 atom stereocenters. The highest BCUT2D eigenvalue weighted by molar-refractivity contribution is 6.31. The van der Waals surface area contributed by atoms with Crippen LogP contribution in [-0.4, -0.2) is 11.2 Å². The van der Waals surface area contributed by atoms with Crippen LogP contribution in [0.5, 0.6) is 0 Å². The molecule has 1 unspecified atom stereocenters. The quantitative estimate of drug-likeness (QED) is 0.851. The minimum Gasteiger partial charge on any atom is -0.391 e. The Kier molecular flexibility index (Phi) is 4.78. The normalized spacial score (nSPS) is 16.9. The second kappa shape index (κ2) is 5.67. The van der Waals surface area contributed by atoms with Crippen molar-refractivity contribution in [1.82, 2.24) is 0 Å². The fraction of sp³-hybridized carbons (Fsp3) is 0.538. The van der Waals surface area contributed by atoms with E-state index in [1.54, 1.807) is 0 Å². The van der Waals surface area contributed by atoms with E-state index in [0.29, 0.717) is 5.02 Å². The standard InChI is InChI=1S/C13H20ClNO/c1-4-8(2)13(16)12(15)10-6-5-9(3)11(14)7-10/h5-8,12-13,16H,4,15H2,1-3H3/t8?,12-,13+/m0/s1. The van der Waals surface area contributed by atoms with Crippen LogP contribution >= 0.6 is 11.6 Å². The molecule has 3 N–H and O–H groups in total. The Bertz CT molecular complexity index is 354. The van der Waals surface area contributed by atoms with Crippen LogP contribution in [0.1, 0.15) is 37.4 Å². The highest BCUT2D eigenvalue weighted by atomic mass is 35.5. The predicted molar refractivity (Wildman–Crippen MR) is 68.6 cm³/mol. The first kappa shape index (κ1) is 13.5. The molecule has 1 aromatic carbocycles. The number of nitrogens with two attached hydrogens (primary N) is 1. The average Bonchev–Trinajstić information content (AvgIpc) is 2.29. The van der Waals surface area contributed by atoms with Gasteiger partial charge in [-0.2, -0.15) is 0 Å². The molecule has 0 aromatic heterocycles. The van der Waals surface area contributed by atoms with Crippen molar-refractivity contribution in [3.05, 3.63) is 34.3 Å². The van der Waals surface area contributed by atoms with Gasteiger partial charge in [-0.05, 0) is 30.0 Å². The van der Waals surface area contributed by atoms with E-state index in [9.17, 15) is 5.11 Å². The minimum absolute atomic E-state index is 0.190. The van der Waals surface area contributed by atoms with Gasteiger partial charge < -0.3 is 10.8 Å². The van der Waals surface area contributed by atoms with Crippen molar-refractivity contribution in [2.45, 2.75) is 39.3 Å². The Morgan fingerprint density at radius 1 is 1.44 bits per heavy atom. The summed E-state index contributed by atoms with van der Waals surface area (Å²) in [6, 6.07) is 5.33. The number of aliphatic hydroxyl groups excluding tert-OH is 1. The summed E-state index contributed by atoms with van der Waals surface area (Å²) in [7, 11) is 0. The Hall–Kier alpha value is -0.570. The van der Waals surface area contributed by atoms with Crippen LogP contribution < -0.4 is 5.73 Å². The van der Waals surface area contributed by atoms with Crippen molar-refractivity contribution in [3.8, 4) is 0 Å². The molecule has 16 heavy (non-hydrogen) atoms. The molecule has 2 nitrogen and oxygen atoms in total. The molecule has 0 spiro atoms. The molecule has 0 radical (unpaired) electrons. The zero-order chi connectivity index (χ0) is 12.3. The fourth-order valence-electron chi connectivity index (χ4n) is 1.61. The summed E-state index contributed by atoms with van der Waals surface area (Å²) in [5.74, 6) is 0.190. The largest absolute Gasteiger partial charge is 0.391 e. The lowest BCUT2D eigenvalue weighted by atomic mass is 9.91. The topological polar surface area (TPSA) is 46.2 Å². The van der Waals surface area contributed by atoms with Gasteiger partial charge in [0.1, 0.15) is 0 Å². The molecular formula is C13H20ClNO. The van der Waals surface area contributed by atoms with E-state index in [2.05, 4.69) is 0 Å². The lowest BCUT2D eigenvalue weighted by molar-refractivity contribution is 0.0880. The van der Waals surface area contributed by atoms with Gasteiger partial charge in [-0.1, -0.05) is 44.0 Å². The van der Waals surface area contributed by atoms with Gasteiger partial charge in [-0.3, -0.25) is 0 Å². The van der Waals surface area contributed by atoms with Gasteiger partial charge in [0.2, 0.25) is 0 Å². The van der Waals surface area contributed by atoms with Crippen molar-refractivity contribution in [2.24, 2.45) is 11.7 Å². The number of hydrogen-bond donors (Lipinski definition) is 2. The first-order valence-electron chi connectivity index (χ1n) is 5.67. The third-order valence-electron chi connectivity index (χ3n) is 3.18. The Morgan fingerprint density at radius 3 is 2.56 bits per heavy atom. The molecule has 0 aliphatic rings. The van der Waals surface area contributed by atoms with E-state index >= 15 is 0 Å². The summed E-state index contributed by atoms with van der Waals surface area (Å²) in [6.07, 6.45) is 0.387. The predicted octanol–water partition coefficient (Wildman–Crippen LogP) is 3.06. The van der Waals surface area contributed by atoms with Gasteiger partial charge in [0.25, 0.3) is 0 Å². The number of rotatable bonds is 4.